The minimum Gasteiger partial charge on any atom is -0.475 e. The number of amides is 1. The van der Waals surface area contributed by atoms with Gasteiger partial charge in [-0.15, -0.1) is 0 Å². The van der Waals surface area contributed by atoms with Crippen LogP contribution in [0.2, 0.25) is 10.0 Å². The molecule has 1 aromatic carbocycles. The molecule has 0 aliphatic heterocycles. The van der Waals surface area contributed by atoms with E-state index < -0.39 is 51.7 Å². The third-order valence-electron chi connectivity index (χ3n) is 4.35. The summed E-state index contributed by atoms with van der Waals surface area (Å²) in [5, 5.41) is 10.3. The molecule has 0 spiro atoms. The summed E-state index contributed by atoms with van der Waals surface area (Å²) in [6, 6.07) is 5.33. The van der Waals surface area contributed by atoms with Crippen molar-refractivity contribution < 1.29 is 41.1 Å². The average Bonchev–Trinajstić information content (AvgIpc) is 2.78. The average molecular weight is 605 g/mol. The second kappa shape index (κ2) is 12.7. The van der Waals surface area contributed by atoms with Gasteiger partial charge in [0.15, 0.2) is 12.1 Å². The molecule has 0 aliphatic rings. The van der Waals surface area contributed by atoms with Crippen LogP contribution in [0.25, 0.3) is 0 Å². The maximum absolute atomic E-state index is 13.1. The molecule has 210 valence electrons. The van der Waals surface area contributed by atoms with E-state index in [-0.39, 0.29) is 20.6 Å². The number of halogens is 5. The van der Waals surface area contributed by atoms with Gasteiger partial charge in [-0.3, -0.25) is 18.9 Å². The molecule has 1 heterocycles. The SMILES string of the molecule is Cc1ccc(NS(=O)(=O)c2cccc(Cl)c2Cl)c(=O)n1C(C(N)=O)C(C)ON=C(N)N.O=C(O)C(F)(F)F. The number of hydrogen-bond acceptors (Lipinski definition) is 7. The van der Waals surface area contributed by atoms with Crippen LogP contribution >= 0.6 is 23.2 Å². The van der Waals surface area contributed by atoms with Crippen LogP contribution < -0.4 is 27.5 Å². The molecule has 2 atom stereocenters. The summed E-state index contributed by atoms with van der Waals surface area (Å²) in [5.74, 6) is -4.09. The molecule has 19 heteroatoms. The third kappa shape index (κ3) is 8.42. The van der Waals surface area contributed by atoms with E-state index in [0.29, 0.717) is 5.69 Å². The fourth-order valence-corrected chi connectivity index (χ4v) is 4.55. The number of anilines is 1. The number of guanidine groups is 1. The van der Waals surface area contributed by atoms with E-state index in [1.165, 1.54) is 44.2 Å². The Bertz CT molecular complexity index is 1400. The second-order valence-electron chi connectivity index (χ2n) is 7.20. The van der Waals surface area contributed by atoms with E-state index in [1.54, 1.807) is 0 Å². The smallest absolute Gasteiger partial charge is 0.475 e. The molecule has 0 fully saturated rings. The Morgan fingerprint density at radius 1 is 1.16 bits per heavy atom. The van der Waals surface area contributed by atoms with E-state index in [4.69, 9.17) is 55.1 Å². The highest BCUT2D eigenvalue weighted by Gasteiger charge is 2.38. The molecule has 2 aromatic rings. The molecule has 0 saturated carbocycles. The molecule has 38 heavy (non-hydrogen) atoms. The Labute approximate surface area is 223 Å². The molecule has 8 N–H and O–H groups in total. The maximum Gasteiger partial charge on any atom is 0.490 e. The van der Waals surface area contributed by atoms with Crippen molar-refractivity contribution in [1.29, 1.82) is 0 Å². The zero-order chi connectivity index (χ0) is 29.6. The first-order valence-electron chi connectivity index (χ1n) is 9.84. The number of carbonyl (C=O) groups excluding carboxylic acids is 1. The molecular formula is C19H21Cl2F3N6O7S. The van der Waals surface area contributed by atoms with E-state index in [1.807, 2.05) is 0 Å². The number of carboxylic acid groups (broad SMARTS) is 1. The fourth-order valence-electron chi connectivity index (χ4n) is 2.73. The van der Waals surface area contributed by atoms with E-state index in [2.05, 4.69) is 9.88 Å². The summed E-state index contributed by atoms with van der Waals surface area (Å²) < 4.78 is 60.4. The summed E-state index contributed by atoms with van der Waals surface area (Å²) >= 11 is 11.9. The number of nitrogens with one attached hydrogen (secondary N) is 1. The number of rotatable bonds is 8. The lowest BCUT2D eigenvalue weighted by molar-refractivity contribution is -0.192. The number of nitrogens with two attached hydrogens (primary N) is 3. The van der Waals surface area contributed by atoms with Crippen molar-refractivity contribution in [3.63, 3.8) is 0 Å². The summed E-state index contributed by atoms with van der Waals surface area (Å²) in [6.07, 6.45) is -6.15. The number of nitrogens with zero attached hydrogens (tertiary/aromatic N) is 2. The molecule has 0 aliphatic carbocycles. The number of alkyl halides is 3. The summed E-state index contributed by atoms with van der Waals surface area (Å²) in [5.41, 5.74) is 15.0. The monoisotopic (exact) mass is 604 g/mol. The van der Waals surface area contributed by atoms with Crippen LogP contribution in [0.1, 0.15) is 18.7 Å². The summed E-state index contributed by atoms with van der Waals surface area (Å²) in [4.78, 5) is 38.8. The van der Waals surface area contributed by atoms with Crippen LogP contribution in [-0.4, -0.2) is 48.2 Å². The number of carboxylic acids is 1. The van der Waals surface area contributed by atoms with Crippen LogP contribution in [0, 0.1) is 6.92 Å². The van der Waals surface area contributed by atoms with Gasteiger partial charge in [-0.2, -0.15) is 13.2 Å². The molecule has 0 saturated heterocycles. The predicted molar refractivity (Wildman–Crippen MR) is 131 cm³/mol. The van der Waals surface area contributed by atoms with Crippen LogP contribution in [-0.2, 0) is 24.4 Å². The number of aromatic nitrogens is 1. The maximum atomic E-state index is 13.1. The van der Waals surface area contributed by atoms with Gasteiger partial charge in [-0.25, -0.2) is 13.2 Å². The van der Waals surface area contributed by atoms with Gasteiger partial charge in [-0.1, -0.05) is 29.3 Å². The summed E-state index contributed by atoms with van der Waals surface area (Å²) in [7, 11) is -4.29. The van der Waals surface area contributed by atoms with Gasteiger partial charge in [0.25, 0.3) is 15.6 Å². The molecule has 13 nitrogen and oxygen atoms in total. The number of aliphatic carboxylic acids is 1. The number of benzene rings is 1. The first-order valence-corrected chi connectivity index (χ1v) is 12.1. The van der Waals surface area contributed by atoms with E-state index >= 15 is 0 Å². The zero-order valence-electron chi connectivity index (χ0n) is 19.4. The normalized spacial score (nSPS) is 12.8. The minimum absolute atomic E-state index is 0.0188. The molecular weight excluding hydrogens is 584 g/mol. The first-order chi connectivity index (χ1) is 17.3. The Kier molecular flexibility index (Phi) is 10.8. The number of hydrogen-bond donors (Lipinski definition) is 5. The number of pyridine rings is 1. The van der Waals surface area contributed by atoms with Gasteiger partial charge in [0.05, 0.1) is 10.0 Å². The Balaban J connectivity index is 0.000000905. The van der Waals surface area contributed by atoms with Crippen molar-refractivity contribution in [3.8, 4) is 0 Å². The first kappa shape index (κ1) is 32.3. The van der Waals surface area contributed by atoms with Crippen LogP contribution in [0.4, 0.5) is 18.9 Å². The molecule has 2 unspecified atom stereocenters. The van der Waals surface area contributed by atoms with Crippen molar-refractivity contribution in [2.45, 2.75) is 37.1 Å². The van der Waals surface area contributed by atoms with Gasteiger partial charge in [0.2, 0.25) is 11.9 Å². The third-order valence-corrected chi connectivity index (χ3v) is 6.69. The highest BCUT2D eigenvalue weighted by Crippen LogP contribution is 2.30. The van der Waals surface area contributed by atoms with Crippen LogP contribution in [0.3, 0.4) is 0 Å². The number of carbonyl (C=O) groups is 2. The standard InChI is InChI=1S/C17H20Cl2N6O5S.C2HF3O2/c1-8-6-7-11(24-31(28,29)12-5-3-4-10(18)13(12)19)16(27)25(8)14(15(20)26)9(2)30-23-17(21)22;3-2(4,5)1(6)7/h3-7,9,14,24H,1-2H3,(H2,20,26)(H4,21,22,23);(H,6,7). The van der Waals surface area contributed by atoms with E-state index in [9.17, 15) is 31.2 Å². The van der Waals surface area contributed by atoms with Crippen molar-refractivity contribution in [2.75, 3.05) is 4.72 Å². The Morgan fingerprint density at radius 2 is 1.71 bits per heavy atom. The zero-order valence-corrected chi connectivity index (χ0v) is 21.7. The number of oxime groups is 1. The highest BCUT2D eigenvalue weighted by molar-refractivity contribution is 7.92. The Morgan fingerprint density at radius 3 is 2.18 bits per heavy atom. The topological polar surface area (TPSA) is 222 Å². The lowest BCUT2D eigenvalue weighted by atomic mass is 10.1. The van der Waals surface area contributed by atoms with Crippen LogP contribution in [0.5, 0.6) is 0 Å². The van der Waals surface area contributed by atoms with Gasteiger partial charge in [0.1, 0.15) is 10.6 Å². The summed E-state index contributed by atoms with van der Waals surface area (Å²) in [6.45, 7) is 2.94. The largest absolute Gasteiger partial charge is 0.490 e. The van der Waals surface area contributed by atoms with Gasteiger partial charge in [0, 0.05) is 5.69 Å². The second-order valence-corrected chi connectivity index (χ2v) is 9.63. The molecule has 1 amide bonds. The van der Waals surface area contributed by atoms with Crippen molar-refractivity contribution in [3.05, 3.63) is 56.4 Å². The molecule has 0 bridgehead atoms. The fraction of sp³-hybridized carbons (Fsp3) is 0.263. The van der Waals surface area contributed by atoms with Gasteiger partial charge >= 0.3 is 12.1 Å². The van der Waals surface area contributed by atoms with Crippen LogP contribution in [0.15, 0.2) is 45.2 Å². The highest BCUT2D eigenvalue weighted by atomic mass is 35.5. The Hall–Kier alpha value is -3.70. The van der Waals surface area contributed by atoms with Crippen molar-refractivity contribution in [1.82, 2.24) is 4.57 Å². The molecule has 0 radical (unpaired) electrons. The van der Waals surface area contributed by atoms with Gasteiger partial charge in [-0.05, 0) is 43.3 Å². The number of sulfonamides is 1. The predicted octanol–water partition coefficient (Wildman–Crippen LogP) is 1.52. The van der Waals surface area contributed by atoms with E-state index in [0.717, 1.165) is 4.57 Å². The van der Waals surface area contributed by atoms with Crippen molar-refractivity contribution >= 4 is 56.7 Å². The van der Waals surface area contributed by atoms with Gasteiger partial charge < -0.3 is 27.1 Å². The lowest BCUT2D eigenvalue weighted by Crippen LogP contribution is -2.42. The lowest BCUT2D eigenvalue weighted by Gasteiger charge is -2.24. The van der Waals surface area contributed by atoms with Crippen molar-refractivity contribution in [2.24, 2.45) is 22.4 Å². The minimum atomic E-state index is -5.08. The molecule has 2 rings (SSSR count). The molecule has 1 aromatic heterocycles. The number of primary amides is 1. The quantitative estimate of drug-likeness (QED) is 0.167. The number of aryl methyl sites for hydroxylation is 1.